The summed E-state index contributed by atoms with van der Waals surface area (Å²) in [5.41, 5.74) is 6.87. The molecule has 0 aliphatic rings. The molecule has 3 N–H and O–H groups in total. The highest BCUT2D eigenvalue weighted by molar-refractivity contribution is 14.0. The smallest absolute Gasteiger partial charge is 0.193 e. The van der Waals surface area contributed by atoms with Crippen LogP contribution in [0.25, 0.3) is 0 Å². The van der Waals surface area contributed by atoms with Crippen molar-refractivity contribution < 1.29 is 9.47 Å². The molecule has 1 unspecified atom stereocenters. The summed E-state index contributed by atoms with van der Waals surface area (Å²) in [7, 11) is 4.10. The number of para-hydroxylation sites is 1. The van der Waals surface area contributed by atoms with Crippen LogP contribution in [0.2, 0.25) is 0 Å². The fourth-order valence-corrected chi connectivity index (χ4v) is 2.51. The molecule has 0 bridgehead atoms. The number of nitrogens with two attached hydrogens (primary N) is 1. The van der Waals surface area contributed by atoms with Gasteiger partial charge >= 0.3 is 0 Å². The van der Waals surface area contributed by atoms with Crippen LogP contribution in [0.5, 0.6) is 11.5 Å². The fourth-order valence-electron chi connectivity index (χ4n) is 2.51. The Kier molecular flexibility index (Phi) is 11.5. The SMILES string of the molecule is CCOC(CCN(C)C)CN=C(N)Nc1cccc(Oc2ccccc2)c1.I. The first kappa shape index (κ1) is 24.2. The standard InChI is InChI=1S/C21H30N4O2.HI/c1-4-26-20(13-14-25(2)3)16-23-21(22)24-17-9-8-12-19(15-17)27-18-10-6-5-7-11-18;/h5-12,15,20H,4,13-14,16H2,1-3H3,(H3,22,23,24);1H. The molecule has 154 valence electrons. The van der Waals surface area contributed by atoms with Crippen molar-refractivity contribution in [1.29, 1.82) is 0 Å². The first-order chi connectivity index (χ1) is 13.1. The summed E-state index contributed by atoms with van der Waals surface area (Å²) in [5.74, 6) is 1.88. The molecule has 0 radical (unpaired) electrons. The molecule has 6 nitrogen and oxygen atoms in total. The fraction of sp³-hybridized carbons (Fsp3) is 0.381. The molecule has 2 rings (SSSR count). The Hall–Kier alpha value is -1.84. The molecule has 0 fully saturated rings. The van der Waals surface area contributed by atoms with E-state index < -0.39 is 0 Å². The van der Waals surface area contributed by atoms with E-state index in [2.05, 4.69) is 15.2 Å². The van der Waals surface area contributed by atoms with Crippen LogP contribution in [0.3, 0.4) is 0 Å². The van der Waals surface area contributed by atoms with Gasteiger partial charge in [0, 0.05) is 24.9 Å². The second-order valence-corrected chi connectivity index (χ2v) is 6.46. The Morgan fingerprint density at radius 2 is 1.82 bits per heavy atom. The average molecular weight is 498 g/mol. The number of guanidine groups is 1. The molecular weight excluding hydrogens is 467 g/mol. The van der Waals surface area contributed by atoms with Crippen molar-refractivity contribution in [3.05, 3.63) is 54.6 Å². The Morgan fingerprint density at radius 1 is 1.11 bits per heavy atom. The van der Waals surface area contributed by atoms with Crippen LogP contribution in [-0.4, -0.2) is 50.8 Å². The third-order valence-electron chi connectivity index (χ3n) is 3.85. The first-order valence-electron chi connectivity index (χ1n) is 9.23. The highest BCUT2D eigenvalue weighted by atomic mass is 127. The minimum Gasteiger partial charge on any atom is -0.457 e. The van der Waals surface area contributed by atoms with Gasteiger partial charge in [0.25, 0.3) is 0 Å². The lowest BCUT2D eigenvalue weighted by Crippen LogP contribution is -2.28. The largest absolute Gasteiger partial charge is 0.457 e. The molecule has 0 saturated carbocycles. The molecule has 0 saturated heterocycles. The van der Waals surface area contributed by atoms with Crippen molar-refractivity contribution in [2.75, 3.05) is 39.1 Å². The van der Waals surface area contributed by atoms with E-state index in [4.69, 9.17) is 15.2 Å². The predicted octanol–water partition coefficient (Wildman–Crippen LogP) is 4.18. The summed E-state index contributed by atoms with van der Waals surface area (Å²) < 4.78 is 11.6. The Balaban J connectivity index is 0.00000392. The number of ether oxygens (including phenoxy) is 2. The van der Waals surface area contributed by atoms with Gasteiger partial charge in [-0.15, -0.1) is 24.0 Å². The summed E-state index contributed by atoms with van der Waals surface area (Å²) in [6.07, 6.45) is 0.975. The lowest BCUT2D eigenvalue weighted by molar-refractivity contribution is 0.0583. The van der Waals surface area contributed by atoms with Crippen molar-refractivity contribution in [1.82, 2.24) is 4.90 Å². The Bertz CT molecular complexity index is 711. The molecule has 0 aliphatic heterocycles. The molecular formula is C21H31IN4O2. The second-order valence-electron chi connectivity index (χ2n) is 6.46. The van der Waals surface area contributed by atoms with Crippen LogP contribution in [0.15, 0.2) is 59.6 Å². The van der Waals surface area contributed by atoms with E-state index in [9.17, 15) is 0 Å². The van der Waals surface area contributed by atoms with Gasteiger partial charge in [0.15, 0.2) is 5.96 Å². The summed E-state index contributed by atoms with van der Waals surface area (Å²) in [5, 5.41) is 3.11. The molecule has 2 aromatic rings. The zero-order chi connectivity index (χ0) is 19.5. The maximum atomic E-state index is 6.04. The van der Waals surface area contributed by atoms with Crippen molar-refractivity contribution in [2.45, 2.75) is 19.4 Å². The lowest BCUT2D eigenvalue weighted by Gasteiger charge is -2.18. The van der Waals surface area contributed by atoms with Crippen molar-refractivity contribution >= 4 is 35.6 Å². The number of aliphatic imine (C=N–C) groups is 1. The number of hydrogen-bond donors (Lipinski definition) is 2. The van der Waals surface area contributed by atoms with Gasteiger partial charge in [-0.1, -0.05) is 24.3 Å². The van der Waals surface area contributed by atoms with Crippen molar-refractivity contribution in [2.24, 2.45) is 10.7 Å². The summed E-state index contributed by atoms with van der Waals surface area (Å²) >= 11 is 0. The van der Waals surface area contributed by atoms with E-state index in [0.29, 0.717) is 19.1 Å². The third kappa shape index (κ3) is 9.38. The Morgan fingerprint density at radius 3 is 2.50 bits per heavy atom. The molecule has 1 atom stereocenters. The van der Waals surface area contributed by atoms with Gasteiger partial charge in [-0.2, -0.15) is 0 Å². The van der Waals surface area contributed by atoms with Gasteiger partial charge in [0.1, 0.15) is 11.5 Å². The van der Waals surface area contributed by atoms with Crippen molar-refractivity contribution in [3.63, 3.8) is 0 Å². The summed E-state index contributed by atoms with van der Waals surface area (Å²) in [4.78, 5) is 6.56. The molecule has 0 spiro atoms. The van der Waals surface area contributed by atoms with Crippen LogP contribution in [0.1, 0.15) is 13.3 Å². The van der Waals surface area contributed by atoms with Gasteiger partial charge in [0.05, 0.1) is 12.6 Å². The van der Waals surface area contributed by atoms with Gasteiger partial charge < -0.3 is 25.4 Å². The van der Waals surface area contributed by atoms with E-state index in [1.165, 1.54) is 0 Å². The third-order valence-corrected chi connectivity index (χ3v) is 3.85. The minimum atomic E-state index is 0. The van der Waals surface area contributed by atoms with E-state index in [1.807, 2.05) is 75.6 Å². The van der Waals surface area contributed by atoms with Gasteiger partial charge in [0.2, 0.25) is 0 Å². The summed E-state index contributed by atoms with van der Waals surface area (Å²) in [6.45, 7) is 4.14. The highest BCUT2D eigenvalue weighted by Gasteiger charge is 2.09. The van der Waals surface area contributed by atoms with Crippen LogP contribution >= 0.6 is 24.0 Å². The molecule has 28 heavy (non-hydrogen) atoms. The number of nitrogens with one attached hydrogen (secondary N) is 1. The normalized spacial score (nSPS) is 12.4. The maximum Gasteiger partial charge on any atom is 0.193 e. The first-order valence-corrected chi connectivity index (χ1v) is 9.23. The van der Waals surface area contributed by atoms with Crippen molar-refractivity contribution in [3.8, 4) is 11.5 Å². The lowest BCUT2D eigenvalue weighted by atomic mass is 10.2. The second kappa shape index (κ2) is 13.4. The molecule has 0 heterocycles. The molecule has 0 amide bonds. The van der Waals surface area contributed by atoms with Gasteiger partial charge in [-0.05, 0) is 51.7 Å². The number of nitrogens with zero attached hydrogens (tertiary/aromatic N) is 2. The molecule has 0 aromatic heterocycles. The van der Waals surface area contributed by atoms with Crippen LogP contribution in [0, 0.1) is 0 Å². The number of anilines is 1. The van der Waals surface area contributed by atoms with Gasteiger partial charge in [-0.3, -0.25) is 4.99 Å². The van der Waals surface area contributed by atoms with E-state index in [-0.39, 0.29) is 30.1 Å². The molecule has 0 aliphatic carbocycles. The summed E-state index contributed by atoms with van der Waals surface area (Å²) in [6, 6.07) is 17.3. The minimum absolute atomic E-state index is 0. The van der Waals surface area contributed by atoms with Crippen LogP contribution in [0.4, 0.5) is 5.69 Å². The van der Waals surface area contributed by atoms with E-state index in [1.54, 1.807) is 0 Å². The number of rotatable bonds is 10. The number of benzene rings is 2. The quantitative estimate of drug-likeness (QED) is 0.292. The van der Waals surface area contributed by atoms with E-state index >= 15 is 0 Å². The predicted molar refractivity (Wildman–Crippen MR) is 127 cm³/mol. The van der Waals surface area contributed by atoms with E-state index in [0.717, 1.165) is 30.2 Å². The molecule has 7 heteroatoms. The average Bonchev–Trinajstić information content (AvgIpc) is 2.65. The van der Waals surface area contributed by atoms with Crippen LogP contribution in [-0.2, 0) is 4.74 Å². The van der Waals surface area contributed by atoms with Crippen LogP contribution < -0.4 is 15.8 Å². The zero-order valence-corrected chi connectivity index (χ0v) is 19.1. The number of hydrogen-bond acceptors (Lipinski definition) is 4. The monoisotopic (exact) mass is 498 g/mol. The van der Waals surface area contributed by atoms with Gasteiger partial charge in [-0.25, -0.2) is 0 Å². The molecule has 2 aromatic carbocycles. The maximum absolute atomic E-state index is 6.04. The number of halogens is 1. The Labute approximate surface area is 185 Å². The zero-order valence-electron chi connectivity index (χ0n) is 16.8. The highest BCUT2D eigenvalue weighted by Crippen LogP contribution is 2.23. The topological polar surface area (TPSA) is 72.1 Å².